The summed E-state index contributed by atoms with van der Waals surface area (Å²) in [5.74, 6) is 0.821. The van der Waals surface area contributed by atoms with Gasteiger partial charge in [-0.15, -0.1) is 0 Å². The monoisotopic (exact) mass is 263 g/mol. The molecule has 0 saturated carbocycles. The predicted octanol–water partition coefficient (Wildman–Crippen LogP) is 1.24. The highest BCUT2D eigenvalue weighted by Gasteiger charge is 2.23. The normalized spacial score (nSPS) is 14.8. The topological polar surface area (TPSA) is 73.1 Å². The summed E-state index contributed by atoms with van der Waals surface area (Å²) in [6.45, 7) is 4.58. The zero-order chi connectivity index (χ0) is 14.0. The average Bonchev–Trinajstić information content (AvgIpc) is 2.88. The van der Waals surface area contributed by atoms with E-state index in [1.165, 1.54) is 0 Å². The summed E-state index contributed by atoms with van der Waals surface area (Å²) < 4.78 is 6.88. The van der Waals surface area contributed by atoms with E-state index in [1.54, 1.807) is 4.68 Å². The highest BCUT2D eigenvalue weighted by molar-refractivity contribution is 5.13. The molecule has 2 unspecified atom stereocenters. The molecule has 0 amide bonds. The van der Waals surface area contributed by atoms with Gasteiger partial charge in [-0.25, -0.2) is 0 Å². The second-order valence-corrected chi connectivity index (χ2v) is 5.10. The van der Waals surface area contributed by atoms with Gasteiger partial charge in [0.15, 0.2) is 0 Å². The van der Waals surface area contributed by atoms with Crippen molar-refractivity contribution in [1.29, 1.82) is 0 Å². The number of aryl methyl sites for hydroxylation is 2. The average molecular weight is 263 g/mol. The number of nitrogens with two attached hydrogens (primary N) is 1. The van der Waals surface area contributed by atoms with Crippen LogP contribution in [0, 0.1) is 6.92 Å². The van der Waals surface area contributed by atoms with Gasteiger partial charge in [-0.2, -0.15) is 5.10 Å². The minimum Gasteiger partial charge on any atom is -0.361 e. The van der Waals surface area contributed by atoms with Crippen molar-refractivity contribution in [2.24, 2.45) is 12.8 Å². The standard InChI is InChI=1S/C13H21N5O/c1-9-5-12(16-19-9)8-17(3)13(10(2)14)11-6-15-18(4)7-11/h5-7,10,13H,8,14H2,1-4H3. The van der Waals surface area contributed by atoms with Crippen LogP contribution in [0.25, 0.3) is 0 Å². The van der Waals surface area contributed by atoms with Crippen molar-refractivity contribution < 1.29 is 4.52 Å². The molecule has 6 heteroatoms. The molecule has 0 aliphatic carbocycles. The molecule has 2 aromatic heterocycles. The molecule has 0 aliphatic rings. The van der Waals surface area contributed by atoms with Crippen LogP contribution in [0.2, 0.25) is 0 Å². The first kappa shape index (κ1) is 13.8. The Morgan fingerprint density at radius 3 is 2.74 bits per heavy atom. The summed E-state index contributed by atoms with van der Waals surface area (Å²) in [6.07, 6.45) is 3.86. The van der Waals surface area contributed by atoms with E-state index in [0.29, 0.717) is 6.54 Å². The van der Waals surface area contributed by atoms with Gasteiger partial charge in [0.2, 0.25) is 0 Å². The fraction of sp³-hybridized carbons (Fsp3) is 0.538. The predicted molar refractivity (Wildman–Crippen MR) is 72.3 cm³/mol. The molecule has 0 spiro atoms. The van der Waals surface area contributed by atoms with E-state index >= 15 is 0 Å². The van der Waals surface area contributed by atoms with Crippen molar-refractivity contribution in [3.8, 4) is 0 Å². The Kier molecular flexibility index (Phi) is 4.01. The van der Waals surface area contributed by atoms with Crippen LogP contribution in [0.4, 0.5) is 0 Å². The molecule has 104 valence electrons. The van der Waals surface area contributed by atoms with Crippen molar-refractivity contribution in [3.63, 3.8) is 0 Å². The van der Waals surface area contributed by atoms with Crippen LogP contribution < -0.4 is 5.73 Å². The Bertz CT molecular complexity index is 531. The van der Waals surface area contributed by atoms with E-state index in [4.69, 9.17) is 10.3 Å². The smallest absolute Gasteiger partial charge is 0.133 e. The molecular weight excluding hydrogens is 242 g/mol. The summed E-state index contributed by atoms with van der Waals surface area (Å²) in [5, 5.41) is 8.23. The van der Waals surface area contributed by atoms with Gasteiger partial charge < -0.3 is 10.3 Å². The van der Waals surface area contributed by atoms with E-state index in [-0.39, 0.29) is 12.1 Å². The number of hydrogen-bond donors (Lipinski definition) is 1. The van der Waals surface area contributed by atoms with Gasteiger partial charge in [0.25, 0.3) is 0 Å². The minimum atomic E-state index is 0.00204. The molecule has 0 aliphatic heterocycles. The molecule has 0 radical (unpaired) electrons. The Morgan fingerprint density at radius 1 is 1.53 bits per heavy atom. The van der Waals surface area contributed by atoms with Gasteiger partial charge in [0.1, 0.15) is 5.76 Å². The van der Waals surface area contributed by atoms with Crippen LogP contribution in [0.15, 0.2) is 23.0 Å². The van der Waals surface area contributed by atoms with Crippen LogP contribution in [0.5, 0.6) is 0 Å². The number of aromatic nitrogens is 3. The van der Waals surface area contributed by atoms with Crippen LogP contribution in [0.3, 0.4) is 0 Å². The molecule has 2 aromatic rings. The van der Waals surface area contributed by atoms with Gasteiger partial charge in [-0.3, -0.25) is 9.58 Å². The number of likely N-dealkylation sites (N-methyl/N-ethyl adjacent to an activating group) is 1. The third-order valence-electron chi connectivity index (χ3n) is 3.13. The van der Waals surface area contributed by atoms with Crippen molar-refractivity contribution >= 4 is 0 Å². The molecule has 0 fully saturated rings. The van der Waals surface area contributed by atoms with Crippen molar-refractivity contribution in [1.82, 2.24) is 19.8 Å². The molecule has 0 saturated heterocycles. The SMILES string of the molecule is Cc1cc(CN(C)C(c2cnn(C)c2)C(C)N)no1. The lowest BCUT2D eigenvalue weighted by Crippen LogP contribution is -2.36. The van der Waals surface area contributed by atoms with Gasteiger partial charge in [-0.1, -0.05) is 5.16 Å². The van der Waals surface area contributed by atoms with E-state index in [0.717, 1.165) is 17.0 Å². The third-order valence-corrected chi connectivity index (χ3v) is 3.13. The first-order valence-electron chi connectivity index (χ1n) is 6.34. The largest absolute Gasteiger partial charge is 0.361 e. The summed E-state index contributed by atoms with van der Waals surface area (Å²) in [7, 11) is 3.94. The highest BCUT2D eigenvalue weighted by Crippen LogP contribution is 2.23. The van der Waals surface area contributed by atoms with E-state index in [2.05, 4.69) is 15.2 Å². The van der Waals surface area contributed by atoms with Crippen LogP contribution in [-0.2, 0) is 13.6 Å². The molecule has 2 N–H and O–H groups in total. The van der Waals surface area contributed by atoms with Crippen molar-refractivity contribution in [2.75, 3.05) is 7.05 Å². The van der Waals surface area contributed by atoms with Crippen molar-refractivity contribution in [3.05, 3.63) is 35.5 Å². The molecule has 2 rings (SSSR count). The Balaban J connectivity index is 2.15. The van der Waals surface area contributed by atoms with Gasteiger partial charge in [0.05, 0.1) is 17.9 Å². The molecule has 2 atom stereocenters. The van der Waals surface area contributed by atoms with Crippen LogP contribution >= 0.6 is 0 Å². The highest BCUT2D eigenvalue weighted by atomic mass is 16.5. The lowest BCUT2D eigenvalue weighted by atomic mass is 10.0. The first-order chi connectivity index (χ1) is 8.97. The Hall–Kier alpha value is -1.66. The van der Waals surface area contributed by atoms with Gasteiger partial charge in [0, 0.05) is 37.5 Å². The minimum absolute atomic E-state index is 0.00204. The summed E-state index contributed by atoms with van der Waals surface area (Å²) >= 11 is 0. The Labute approximate surface area is 113 Å². The second-order valence-electron chi connectivity index (χ2n) is 5.10. The van der Waals surface area contributed by atoms with E-state index in [1.807, 2.05) is 46.4 Å². The molecule has 19 heavy (non-hydrogen) atoms. The first-order valence-corrected chi connectivity index (χ1v) is 6.34. The van der Waals surface area contributed by atoms with Crippen LogP contribution in [-0.4, -0.2) is 32.9 Å². The molecular formula is C13H21N5O. The molecule has 6 nitrogen and oxygen atoms in total. The van der Waals surface area contributed by atoms with Crippen LogP contribution in [0.1, 0.15) is 30.0 Å². The zero-order valence-corrected chi connectivity index (χ0v) is 11.9. The second kappa shape index (κ2) is 5.54. The van der Waals surface area contributed by atoms with Gasteiger partial charge in [-0.05, 0) is 20.9 Å². The molecule has 0 aromatic carbocycles. The maximum atomic E-state index is 6.12. The fourth-order valence-corrected chi connectivity index (χ4v) is 2.40. The quantitative estimate of drug-likeness (QED) is 0.878. The maximum Gasteiger partial charge on any atom is 0.133 e. The molecule has 0 bridgehead atoms. The van der Waals surface area contributed by atoms with E-state index in [9.17, 15) is 0 Å². The molecule has 2 heterocycles. The third kappa shape index (κ3) is 3.21. The maximum absolute atomic E-state index is 6.12. The zero-order valence-electron chi connectivity index (χ0n) is 11.9. The summed E-state index contributed by atoms with van der Waals surface area (Å²) in [6, 6.07) is 2.05. The summed E-state index contributed by atoms with van der Waals surface area (Å²) in [4.78, 5) is 2.17. The summed E-state index contributed by atoms with van der Waals surface area (Å²) in [5.41, 5.74) is 8.14. The lowest BCUT2D eigenvalue weighted by Gasteiger charge is -2.29. The fourth-order valence-electron chi connectivity index (χ4n) is 2.40. The Morgan fingerprint density at radius 2 is 2.26 bits per heavy atom. The number of rotatable bonds is 5. The van der Waals surface area contributed by atoms with Gasteiger partial charge >= 0.3 is 0 Å². The van der Waals surface area contributed by atoms with Crippen molar-refractivity contribution in [2.45, 2.75) is 32.5 Å². The van der Waals surface area contributed by atoms with E-state index < -0.39 is 0 Å². The number of nitrogens with zero attached hydrogens (tertiary/aromatic N) is 4. The lowest BCUT2D eigenvalue weighted by molar-refractivity contribution is 0.205. The number of hydrogen-bond acceptors (Lipinski definition) is 5.